The highest BCUT2D eigenvalue weighted by atomic mass is 19.4. The van der Waals surface area contributed by atoms with E-state index in [-0.39, 0.29) is 41.5 Å². The number of amides is 3. The molecule has 0 unspecified atom stereocenters. The molecule has 0 saturated heterocycles. The summed E-state index contributed by atoms with van der Waals surface area (Å²) in [6.45, 7) is 5.03. The number of aliphatic hydroxyl groups is 1. The number of alkyl halides is 3. The van der Waals surface area contributed by atoms with E-state index in [1.165, 1.54) is 6.07 Å². The molecule has 12 heteroatoms. The van der Waals surface area contributed by atoms with Gasteiger partial charge in [-0.25, -0.2) is 4.79 Å². The lowest BCUT2D eigenvalue weighted by molar-refractivity contribution is -0.137. The second-order valence-corrected chi connectivity index (χ2v) is 12.2. The summed E-state index contributed by atoms with van der Waals surface area (Å²) >= 11 is 0. The van der Waals surface area contributed by atoms with Crippen LogP contribution >= 0.6 is 0 Å². The fourth-order valence-electron chi connectivity index (χ4n) is 5.53. The summed E-state index contributed by atoms with van der Waals surface area (Å²) in [5.41, 5.74) is 0.900. The Hall–Kier alpha value is -5.07. The van der Waals surface area contributed by atoms with E-state index in [0.29, 0.717) is 25.4 Å². The van der Waals surface area contributed by atoms with Crippen molar-refractivity contribution in [1.82, 2.24) is 9.80 Å². The second-order valence-electron chi connectivity index (χ2n) is 12.2. The highest BCUT2D eigenvalue weighted by molar-refractivity contribution is 6.02. The Labute approximate surface area is 283 Å². The number of rotatable bonds is 10. The average Bonchev–Trinajstić information content (AvgIpc) is 3.07. The number of likely N-dealkylation sites (N-methyl/N-ethyl adjacent to an activating group) is 1. The number of urea groups is 1. The van der Waals surface area contributed by atoms with Crippen LogP contribution in [-0.4, -0.2) is 65.7 Å². The number of carbonyl (C=O) groups excluding carboxylic acids is 2. The van der Waals surface area contributed by atoms with Crippen molar-refractivity contribution in [2.24, 2.45) is 5.92 Å². The molecule has 0 aromatic heterocycles. The van der Waals surface area contributed by atoms with Crippen LogP contribution in [0.25, 0.3) is 0 Å². The number of aliphatic hydroxyl groups excluding tert-OH is 1. The van der Waals surface area contributed by atoms with Crippen molar-refractivity contribution < 1.29 is 37.3 Å². The lowest BCUT2D eigenvalue weighted by Gasteiger charge is -2.38. The Morgan fingerprint density at radius 1 is 0.980 bits per heavy atom. The van der Waals surface area contributed by atoms with E-state index < -0.39 is 23.8 Å². The zero-order chi connectivity index (χ0) is 35.1. The van der Waals surface area contributed by atoms with E-state index in [4.69, 9.17) is 9.47 Å². The molecular formula is C37H39F3N4O5. The Kier molecular flexibility index (Phi) is 11.1. The molecule has 0 radical (unpaired) electrons. The van der Waals surface area contributed by atoms with Gasteiger partial charge in [-0.1, -0.05) is 37.3 Å². The van der Waals surface area contributed by atoms with E-state index in [1.54, 1.807) is 24.0 Å². The summed E-state index contributed by atoms with van der Waals surface area (Å²) in [7, 11) is 1.99. The van der Waals surface area contributed by atoms with Crippen LogP contribution in [0.2, 0.25) is 0 Å². The predicted molar refractivity (Wildman–Crippen MR) is 181 cm³/mol. The smallest absolute Gasteiger partial charge is 0.416 e. The summed E-state index contributed by atoms with van der Waals surface area (Å²) in [5.74, 6) is 1.37. The van der Waals surface area contributed by atoms with Gasteiger partial charge in [-0.2, -0.15) is 13.2 Å². The van der Waals surface area contributed by atoms with Gasteiger partial charge in [-0.3, -0.25) is 9.69 Å². The van der Waals surface area contributed by atoms with Gasteiger partial charge in [0.1, 0.15) is 23.4 Å². The van der Waals surface area contributed by atoms with Gasteiger partial charge in [0.2, 0.25) is 0 Å². The van der Waals surface area contributed by atoms with Crippen molar-refractivity contribution in [1.29, 1.82) is 0 Å². The van der Waals surface area contributed by atoms with Gasteiger partial charge in [-0.05, 0) is 86.3 Å². The number of nitrogens with zero attached hydrogens (tertiary/aromatic N) is 2. The normalized spacial score (nSPS) is 17.0. The third-order valence-electron chi connectivity index (χ3n) is 8.24. The number of nitrogens with one attached hydrogen (secondary N) is 2. The molecule has 4 aromatic carbocycles. The standard InChI is InChI=1S/C37H39F3N4O5/c1-24-20-44(25(2)23-45)35(46)32-19-29(42-36(47)41-28-13-11-27(12-14-28)37(38,39)40)15-18-33(32)49-34(24)22-43(3)21-26-9-16-31(17-10-26)48-30-7-5-4-6-8-30/h4-19,24-25,34,45H,20-23H2,1-3H3,(H2,41,42,47)/t24-,25+,34-/m0/s1. The van der Waals surface area contributed by atoms with Crippen molar-refractivity contribution in [2.75, 3.05) is 37.4 Å². The molecule has 4 aromatic rings. The van der Waals surface area contributed by atoms with Crippen molar-refractivity contribution in [3.05, 3.63) is 114 Å². The molecule has 0 spiro atoms. The minimum Gasteiger partial charge on any atom is -0.488 e. The second kappa shape index (κ2) is 15.4. The number of fused-ring (bicyclic) bond motifs is 1. The predicted octanol–water partition coefficient (Wildman–Crippen LogP) is 7.49. The fourth-order valence-corrected chi connectivity index (χ4v) is 5.53. The number of hydrogen-bond donors (Lipinski definition) is 3. The number of hydrogen-bond acceptors (Lipinski definition) is 6. The maximum absolute atomic E-state index is 13.8. The van der Waals surface area contributed by atoms with Crippen LogP contribution in [-0.2, 0) is 12.7 Å². The summed E-state index contributed by atoms with van der Waals surface area (Å²) in [5, 5.41) is 15.1. The van der Waals surface area contributed by atoms with Crippen LogP contribution in [0.4, 0.5) is 29.3 Å². The monoisotopic (exact) mass is 676 g/mol. The quantitative estimate of drug-likeness (QED) is 0.161. The lowest BCUT2D eigenvalue weighted by atomic mass is 9.99. The Balaban J connectivity index is 1.28. The van der Waals surface area contributed by atoms with Gasteiger partial charge in [0.05, 0.1) is 23.8 Å². The summed E-state index contributed by atoms with van der Waals surface area (Å²) in [6, 6.07) is 25.0. The maximum atomic E-state index is 13.8. The molecule has 3 amide bonds. The number of carbonyl (C=O) groups is 2. The van der Waals surface area contributed by atoms with Gasteiger partial charge in [0.25, 0.3) is 5.91 Å². The van der Waals surface area contributed by atoms with Crippen LogP contribution in [0, 0.1) is 5.92 Å². The van der Waals surface area contributed by atoms with Gasteiger partial charge in [-0.15, -0.1) is 0 Å². The van der Waals surface area contributed by atoms with Gasteiger partial charge in [0.15, 0.2) is 0 Å². The third kappa shape index (κ3) is 9.30. The van der Waals surface area contributed by atoms with Gasteiger partial charge < -0.3 is 30.1 Å². The Morgan fingerprint density at radius 2 is 1.61 bits per heavy atom. The number of benzene rings is 4. The minimum atomic E-state index is -4.49. The average molecular weight is 677 g/mol. The molecule has 1 heterocycles. The van der Waals surface area contributed by atoms with E-state index in [0.717, 1.165) is 41.3 Å². The molecule has 258 valence electrons. The molecule has 0 aliphatic carbocycles. The number of ether oxygens (including phenoxy) is 2. The first-order valence-electron chi connectivity index (χ1n) is 15.9. The molecule has 0 saturated carbocycles. The molecular weight excluding hydrogens is 637 g/mol. The first-order chi connectivity index (χ1) is 23.4. The largest absolute Gasteiger partial charge is 0.488 e. The summed E-state index contributed by atoms with van der Waals surface area (Å²) in [6.07, 6.45) is -4.82. The van der Waals surface area contributed by atoms with E-state index in [2.05, 4.69) is 15.5 Å². The lowest BCUT2D eigenvalue weighted by Crippen LogP contribution is -2.49. The van der Waals surface area contributed by atoms with Crippen molar-refractivity contribution in [3.63, 3.8) is 0 Å². The van der Waals surface area contributed by atoms with E-state index in [1.807, 2.05) is 68.6 Å². The Bertz CT molecular complexity index is 1720. The molecule has 5 rings (SSSR count). The van der Waals surface area contributed by atoms with Gasteiger partial charge in [0, 0.05) is 36.9 Å². The SMILES string of the molecule is C[C@H](CO)N1C[C@H](C)[C@H](CN(C)Cc2ccc(Oc3ccccc3)cc2)Oc2ccc(NC(=O)Nc3ccc(C(F)(F)F)cc3)cc2C1=O. The van der Waals surface area contributed by atoms with Crippen LogP contribution < -0.4 is 20.1 Å². The van der Waals surface area contributed by atoms with Crippen LogP contribution in [0.3, 0.4) is 0 Å². The summed E-state index contributed by atoms with van der Waals surface area (Å²) in [4.78, 5) is 30.2. The highest BCUT2D eigenvalue weighted by Crippen LogP contribution is 2.32. The first kappa shape index (κ1) is 35.2. The van der Waals surface area contributed by atoms with Crippen molar-refractivity contribution in [3.8, 4) is 17.2 Å². The van der Waals surface area contributed by atoms with Crippen molar-refractivity contribution in [2.45, 2.75) is 38.7 Å². The zero-order valence-electron chi connectivity index (χ0n) is 27.4. The number of para-hydroxylation sites is 1. The molecule has 49 heavy (non-hydrogen) atoms. The third-order valence-corrected chi connectivity index (χ3v) is 8.24. The molecule has 0 fully saturated rings. The van der Waals surface area contributed by atoms with Gasteiger partial charge >= 0.3 is 12.2 Å². The van der Waals surface area contributed by atoms with Crippen LogP contribution in [0.1, 0.15) is 35.3 Å². The van der Waals surface area contributed by atoms with Crippen LogP contribution in [0.5, 0.6) is 17.2 Å². The number of anilines is 2. The molecule has 0 bridgehead atoms. The van der Waals surface area contributed by atoms with Crippen LogP contribution in [0.15, 0.2) is 97.1 Å². The minimum absolute atomic E-state index is 0.0949. The molecule has 9 nitrogen and oxygen atoms in total. The summed E-state index contributed by atoms with van der Waals surface area (Å²) < 4.78 is 51.1. The molecule has 3 atom stereocenters. The molecule has 1 aliphatic rings. The first-order valence-corrected chi connectivity index (χ1v) is 15.9. The fraction of sp³-hybridized carbons (Fsp3) is 0.297. The van der Waals surface area contributed by atoms with Crippen molar-refractivity contribution >= 4 is 23.3 Å². The molecule has 3 N–H and O–H groups in total. The zero-order valence-corrected chi connectivity index (χ0v) is 27.4. The van der Waals surface area contributed by atoms with E-state index in [9.17, 15) is 27.9 Å². The van der Waals surface area contributed by atoms with E-state index >= 15 is 0 Å². The maximum Gasteiger partial charge on any atom is 0.416 e. The molecule has 1 aliphatic heterocycles. The Morgan fingerprint density at radius 3 is 2.27 bits per heavy atom. The number of halogens is 3. The highest BCUT2D eigenvalue weighted by Gasteiger charge is 2.34. The topological polar surface area (TPSA) is 103 Å².